The number of aryl methyl sites for hydroxylation is 1. The van der Waals surface area contributed by atoms with Crippen LogP contribution in [0.2, 0.25) is 0 Å². The average molecular weight is 253 g/mol. The van der Waals surface area contributed by atoms with Crippen LogP contribution in [0.25, 0.3) is 0 Å². The maximum absolute atomic E-state index is 13.7. The van der Waals surface area contributed by atoms with Gasteiger partial charge in [0, 0.05) is 11.1 Å². The standard InChI is InChI=1S/C16H12FNO/c1-11-5-4-6-12(9-11)16(19)14(10-18)13-7-2-3-8-15(13)17/h2-9,14H,1H3. The van der Waals surface area contributed by atoms with Gasteiger partial charge in [-0.05, 0) is 19.1 Å². The lowest BCUT2D eigenvalue weighted by atomic mass is 9.91. The lowest BCUT2D eigenvalue weighted by molar-refractivity contribution is 0.0977. The summed E-state index contributed by atoms with van der Waals surface area (Å²) >= 11 is 0. The molecule has 2 nitrogen and oxygen atoms in total. The number of ketones is 1. The van der Waals surface area contributed by atoms with Crippen LogP contribution in [0.5, 0.6) is 0 Å². The number of carbonyl (C=O) groups excluding carboxylic acids is 1. The lowest BCUT2D eigenvalue weighted by Crippen LogP contribution is -2.12. The lowest BCUT2D eigenvalue weighted by Gasteiger charge is -2.10. The first-order chi connectivity index (χ1) is 9.13. The minimum absolute atomic E-state index is 0.122. The Kier molecular flexibility index (Phi) is 3.72. The van der Waals surface area contributed by atoms with Crippen LogP contribution < -0.4 is 0 Å². The maximum Gasteiger partial charge on any atom is 0.184 e. The van der Waals surface area contributed by atoms with E-state index in [0.29, 0.717) is 5.56 Å². The number of carbonyl (C=O) groups is 1. The smallest absolute Gasteiger partial charge is 0.184 e. The number of halogens is 1. The van der Waals surface area contributed by atoms with Crippen LogP contribution in [0.1, 0.15) is 27.4 Å². The molecule has 0 aliphatic carbocycles. The van der Waals surface area contributed by atoms with Crippen molar-refractivity contribution >= 4 is 5.78 Å². The number of nitriles is 1. The molecular formula is C16H12FNO. The fourth-order valence-corrected chi connectivity index (χ4v) is 1.94. The van der Waals surface area contributed by atoms with Gasteiger partial charge in [-0.25, -0.2) is 4.39 Å². The van der Waals surface area contributed by atoms with Crippen LogP contribution in [0.15, 0.2) is 48.5 Å². The maximum atomic E-state index is 13.7. The van der Waals surface area contributed by atoms with Gasteiger partial charge in [-0.15, -0.1) is 0 Å². The fourth-order valence-electron chi connectivity index (χ4n) is 1.94. The number of rotatable bonds is 3. The molecule has 2 aromatic carbocycles. The zero-order chi connectivity index (χ0) is 13.8. The molecule has 0 heterocycles. The summed E-state index contributed by atoms with van der Waals surface area (Å²) in [5.74, 6) is -2.02. The van der Waals surface area contributed by atoms with E-state index in [1.807, 2.05) is 19.1 Å². The van der Waals surface area contributed by atoms with Crippen LogP contribution in [0.4, 0.5) is 4.39 Å². The van der Waals surface area contributed by atoms with Crippen molar-refractivity contribution in [3.05, 3.63) is 71.0 Å². The largest absolute Gasteiger partial charge is 0.292 e. The third-order valence-corrected chi connectivity index (χ3v) is 2.91. The van der Waals surface area contributed by atoms with Gasteiger partial charge in [-0.3, -0.25) is 4.79 Å². The molecule has 0 saturated carbocycles. The van der Waals surface area contributed by atoms with E-state index in [1.54, 1.807) is 24.3 Å². The molecule has 0 radical (unpaired) electrons. The Morgan fingerprint density at radius 1 is 1.21 bits per heavy atom. The molecule has 1 atom stereocenters. The van der Waals surface area contributed by atoms with E-state index >= 15 is 0 Å². The molecule has 1 unspecified atom stereocenters. The minimum Gasteiger partial charge on any atom is -0.292 e. The van der Waals surface area contributed by atoms with Crippen molar-refractivity contribution in [2.24, 2.45) is 0 Å². The van der Waals surface area contributed by atoms with Crippen LogP contribution in [0, 0.1) is 24.1 Å². The van der Waals surface area contributed by atoms with Gasteiger partial charge in [-0.2, -0.15) is 5.26 Å². The second-order valence-corrected chi connectivity index (χ2v) is 4.32. The topological polar surface area (TPSA) is 40.9 Å². The van der Waals surface area contributed by atoms with Crippen molar-refractivity contribution in [1.82, 2.24) is 0 Å². The second-order valence-electron chi connectivity index (χ2n) is 4.32. The summed E-state index contributed by atoms with van der Waals surface area (Å²) in [6.45, 7) is 1.86. The van der Waals surface area contributed by atoms with Gasteiger partial charge in [-0.1, -0.05) is 42.0 Å². The molecule has 0 N–H and O–H groups in total. The Morgan fingerprint density at radius 3 is 2.58 bits per heavy atom. The molecule has 2 aromatic rings. The molecular weight excluding hydrogens is 241 g/mol. The fraction of sp³-hybridized carbons (Fsp3) is 0.125. The van der Waals surface area contributed by atoms with Gasteiger partial charge < -0.3 is 0 Å². The second kappa shape index (κ2) is 5.45. The molecule has 0 spiro atoms. The predicted octanol–water partition coefficient (Wildman–Crippen LogP) is 3.62. The quantitative estimate of drug-likeness (QED) is 0.784. The van der Waals surface area contributed by atoms with Gasteiger partial charge >= 0.3 is 0 Å². The number of hydrogen-bond acceptors (Lipinski definition) is 2. The number of Topliss-reactive ketones (excluding diaryl/α,β-unsaturated/α-hetero) is 1. The summed E-state index contributed by atoms with van der Waals surface area (Å²) < 4.78 is 13.7. The van der Waals surface area contributed by atoms with Gasteiger partial charge in [0.2, 0.25) is 0 Å². The van der Waals surface area contributed by atoms with E-state index in [-0.39, 0.29) is 11.3 Å². The minimum atomic E-state index is -1.11. The molecule has 0 amide bonds. The van der Waals surface area contributed by atoms with E-state index in [1.165, 1.54) is 18.2 Å². The molecule has 0 saturated heterocycles. The summed E-state index contributed by atoms with van der Waals surface area (Å²) in [4.78, 5) is 12.3. The highest BCUT2D eigenvalue weighted by Crippen LogP contribution is 2.23. The van der Waals surface area contributed by atoms with Crippen molar-refractivity contribution < 1.29 is 9.18 Å². The number of benzene rings is 2. The predicted molar refractivity (Wildman–Crippen MR) is 70.3 cm³/mol. The molecule has 94 valence electrons. The normalized spacial score (nSPS) is 11.6. The number of nitrogens with zero attached hydrogens (tertiary/aromatic N) is 1. The van der Waals surface area contributed by atoms with Crippen molar-refractivity contribution in [3.8, 4) is 6.07 Å². The molecule has 2 rings (SSSR count). The van der Waals surface area contributed by atoms with Gasteiger partial charge in [0.25, 0.3) is 0 Å². The zero-order valence-corrected chi connectivity index (χ0v) is 10.4. The van der Waals surface area contributed by atoms with Crippen molar-refractivity contribution in [2.75, 3.05) is 0 Å². The van der Waals surface area contributed by atoms with Crippen LogP contribution in [-0.4, -0.2) is 5.78 Å². The van der Waals surface area contributed by atoms with E-state index in [0.717, 1.165) is 5.56 Å². The molecule has 0 aliphatic heterocycles. The van der Waals surface area contributed by atoms with Crippen LogP contribution >= 0.6 is 0 Å². The first-order valence-corrected chi connectivity index (χ1v) is 5.88. The van der Waals surface area contributed by atoms with E-state index < -0.39 is 11.7 Å². The van der Waals surface area contributed by atoms with Crippen molar-refractivity contribution in [3.63, 3.8) is 0 Å². The Labute approximate surface area is 111 Å². The Balaban J connectivity index is 2.42. The molecule has 0 fully saturated rings. The molecule has 3 heteroatoms. The summed E-state index contributed by atoms with van der Waals surface area (Å²) in [6, 6.07) is 14.7. The van der Waals surface area contributed by atoms with E-state index in [2.05, 4.69) is 0 Å². The average Bonchev–Trinajstić information content (AvgIpc) is 2.41. The Morgan fingerprint density at radius 2 is 1.95 bits per heavy atom. The summed E-state index contributed by atoms with van der Waals surface area (Å²) in [5, 5.41) is 9.17. The Hall–Kier alpha value is -2.47. The zero-order valence-electron chi connectivity index (χ0n) is 10.4. The first kappa shape index (κ1) is 13.0. The van der Waals surface area contributed by atoms with E-state index in [9.17, 15) is 9.18 Å². The van der Waals surface area contributed by atoms with Crippen molar-refractivity contribution in [1.29, 1.82) is 5.26 Å². The van der Waals surface area contributed by atoms with E-state index in [4.69, 9.17) is 5.26 Å². The highest BCUT2D eigenvalue weighted by molar-refractivity contribution is 6.02. The summed E-state index contributed by atoms with van der Waals surface area (Å²) in [6.07, 6.45) is 0. The van der Waals surface area contributed by atoms with Gasteiger partial charge in [0.15, 0.2) is 5.78 Å². The SMILES string of the molecule is Cc1cccc(C(=O)C(C#N)c2ccccc2F)c1. The van der Waals surface area contributed by atoms with Crippen LogP contribution in [-0.2, 0) is 0 Å². The highest BCUT2D eigenvalue weighted by atomic mass is 19.1. The summed E-state index contributed by atoms with van der Waals surface area (Å²) in [7, 11) is 0. The monoisotopic (exact) mass is 253 g/mol. The Bertz CT molecular complexity index is 658. The van der Waals surface area contributed by atoms with Crippen LogP contribution in [0.3, 0.4) is 0 Å². The molecule has 0 aromatic heterocycles. The molecule has 19 heavy (non-hydrogen) atoms. The first-order valence-electron chi connectivity index (χ1n) is 5.88. The molecule has 0 aliphatic rings. The van der Waals surface area contributed by atoms with Crippen molar-refractivity contribution in [2.45, 2.75) is 12.8 Å². The summed E-state index contributed by atoms with van der Waals surface area (Å²) in [5.41, 5.74) is 1.47. The van der Waals surface area contributed by atoms with Gasteiger partial charge in [0.05, 0.1) is 6.07 Å². The highest BCUT2D eigenvalue weighted by Gasteiger charge is 2.24. The third-order valence-electron chi connectivity index (χ3n) is 2.91. The number of hydrogen-bond donors (Lipinski definition) is 0. The molecule has 0 bridgehead atoms. The van der Waals surface area contributed by atoms with Gasteiger partial charge in [0.1, 0.15) is 11.7 Å². The third kappa shape index (κ3) is 2.69.